The van der Waals surface area contributed by atoms with Crippen LogP contribution in [0.3, 0.4) is 0 Å². The highest BCUT2D eigenvalue weighted by Crippen LogP contribution is 2.16. The SMILES string of the molecule is Cc1ccc(CCC(=O)NCc2nc(-c3cccc(C)c3)no2)cc1. The number of nitrogens with one attached hydrogen (secondary N) is 1. The second-order valence-corrected chi connectivity index (χ2v) is 6.14. The van der Waals surface area contributed by atoms with Gasteiger partial charge in [0.1, 0.15) is 0 Å². The molecule has 1 amide bonds. The Bertz CT molecular complexity index is 853. The van der Waals surface area contributed by atoms with Crippen molar-refractivity contribution in [2.24, 2.45) is 0 Å². The minimum absolute atomic E-state index is 0.0316. The smallest absolute Gasteiger partial charge is 0.246 e. The van der Waals surface area contributed by atoms with Crippen molar-refractivity contribution in [3.05, 3.63) is 71.1 Å². The summed E-state index contributed by atoms with van der Waals surface area (Å²) in [5, 5.41) is 6.79. The van der Waals surface area contributed by atoms with Crippen LogP contribution < -0.4 is 5.32 Å². The molecule has 3 aromatic rings. The second kappa shape index (κ2) is 7.75. The molecule has 1 heterocycles. The summed E-state index contributed by atoms with van der Waals surface area (Å²) in [7, 11) is 0. The van der Waals surface area contributed by atoms with Crippen LogP contribution in [-0.2, 0) is 17.8 Å². The second-order valence-electron chi connectivity index (χ2n) is 6.14. The standard InChI is InChI=1S/C20H21N3O2/c1-14-6-8-16(9-7-14)10-11-18(24)21-13-19-22-20(23-25-19)17-5-3-4-15(2)12-17/h3-9,12H,10-11,13H2,1-2H3,(H,21,24). The van der Waals surface area contributed by atoms with Crippen LogP contribution in [0.25, 0.3) is 11.4 Å². The molecule has 25 heavy (non-hydrogen) atoms. The number of carbonyl (C=O) groups excluding carboxylic acids is 1. The fraction of sp³-hybridized carbons (Fsp3) is 0.250. The molecule has 2 aromatic carbocycles. The molecule has 1 aromatic heterocycles. The van der Waals surface area contributed by atoms with Gasteiger partial charge in [-0.15, -0.1) is 0 Å². The van der Waals surface area contributed by atoms with Gasteiger partial charge in [-0.05, 0) is 31.9 Å². The van der Waals surface area contributed by atoms with Gasteiger partial charge in [-0.2, -0.15) is 4.98 Å². The van der Waals surface area contributed by atoms with E-state index in [0.29, 0.717) is 24.6 Å². The van der Waals surface area contributed by atoms with Crippen LogP contribution in [0.4, 0.5) is 0 Å². The minimum Gasteiger partial charge on any atom is -0.347 e. The Balaban J connectivity index is 1.50. The van der Waals surface area contributed by atoms with Crippen LogP contribution in [0, 0.1) is 13.8 Å². The molecule has 0 atom stereocenters. The first kappa shape index (κ1) is 16.9. The van der Waals surface area contributed by atoms with Crippen molar-refractivity contribution in [3.8, 4) is 11.4 Å². The van der Waals surface area contributed by atoms with Gasteiger partial charge in [-0.25, -0.2) is 0 Å². The van der Waals surface area contributed by atoms with Crippen LogP contribution >= 0.6 is 0 Å². The van der Waals surface area contributed by atoms with E-state index in [-0.39, 0.29) is 12.5 Å². The quantitative estimate of drug-likeness (QED) is 0.747. The lowest BCUT2D eigenvalue weighted by Crippen LogP contribution is -2.23. The lowest BCUT2D eigenvalue weighted by atomic mass is 10.1. The maximum absolute atomic E-state index is 12.0. The molecule has 0 radical (unpaired) electrons. The first-order valence-electron chi connectivity index (χ1n) is 8.32. The summed E-state index contributed by atoms with van der Waals surface area (Å²) >= 11 is 0. The summed E-state index contributed by atoms with van der Waals surface area (Å²) in [6.45, 7) is 4.30. The van der Waals surface area contributed by atoms with E-state index in [9.17, 15) is 4.79 Å². The molecule has 128 valence electrons. The van der Waals surface area contributed by atoms with E-state index in [2.05, 4.69) is 39.7 Å². The predicted octanol–water partition coefficient (Wildman–Crippen LogP) is 3.60. The Labute approximate surface area is 147 Å². The molecule has 3 rings (SSSR count). The lowest BCUT2D eigenvalue weighted by Gasteiger charge is -2.03. The van der Waals surface area contributed by atoms with E-state index in [4.69, 9.17) is 4.52 Å². The van der Waals surface area contributed by atoms with Gasteiger partial charge in [0.25, 0.3) is 0 Å². The number of aromatic nitrogens is 2. The Morgan fingerprint density at radius 2 is 1.88 bits per heavy atom. The third-order valence-corrected chi connectivity index (χ3v) is 3.94. The summed E-state index contributed by atoms with van der Waals surface area (Å²) in [4.78, 5) is 16.3. The summed E-state index contributed by atoms with van der Waals surface area (Å²) in [5.41, 5.74) is 4.41. The summed E-state index contributed by atoms with van der Waals surface area (Å²) < 4.78 is 5.21. The van der Waals surface area contributed by atoms with Crippen molar-refractivity contribution in [2.45, 2.75) is 33.2 Å². The highest BCUT2D eigenvalue weighted by atomic mass is 16.5. The molecule has 1 N–H and O–H groups in total. The highest BCUT2D eigenvalue weighted by molar-refractivity contribution is 5.76. The highest BCUT2D eigenvalue weighted by Gasteiger charge is 2.10. The van der Waals surface area contributed by atoms with Gasteiger partial charge < -0.3 is 9.84 Å². The van der Waals surface area contributed by atoms with Crippen molar-refractivity contribution in [2.75, 3.05) is 0 Å². The fourth-order valence-electron chi connectivity index (χ4n) is 2.50. The molecular weight excluding hydrogens is 314 g/mol. The number of rotatable bonds is 6. The third-order valence-electron chi connectivity index (χ3n) is 3.94. The summed E-state index contributed by atoms with van der Waals surface area (Å²) in [6.07, 6.45) is 1.15. The van der Waals surface area contributed by atoms with E-state index in [1.807, 2.05) is 38.1 Å². The van der Waals surface area contributed by atoms with Gasteiger partial charge in [0, 0.05) is 12.0 Å². The minimum atomic E-state index is -0.0316. The number of amides is 1. The normalized spacial score (nSPS) is 10.6. The van der Waals surface area contributed by atoms with E-state index < -0.39 is 0 Å². The Morgan fingerprint density at radius 1 is 1.08 bits per heavy atom. The average molecular weight is 335 g/mol. The van der Waals surface area contributed by atoms with E-state index in [0.717, 1.165) is 16.7 Å². The van der Waals surface area contributed by atoms with Gasteiger partial charge in [0.05, 0.1) is 6.54 Å². The largest absolute Gasteiger partial charge is 0.347 e. The number of aryl methyl sites for hydroxylation is 3. The number of nitrogens with zero attached hydrogens (tertiary/aromatic N) is 2. The van der Waals surface area contributed by atoms with E-state index in [1.165, 1.54) is 5.56 Å². The molecule has 0 bridgehead atoms. The van der Waals surface area contributed by atoms with Gasteiger partial charge in [-0.3, -0.25) is 4.79 Å². The molecule has 0 fully saturated rings. The Hall–Kier alpha value is -2.95. The molecule has 0 aliphatic rings. The van der Waals surface area contributed by atoms with Gasteiger partial charge >= 0.3 is 0 Å². The molecule has 5 heteroatoms. The van der Waals surface area contributed by atoms with Crippen LogP contribution in [0.2, 0.25) is 0 Å². The molecule has 0 saturated heterocycles. The summed E-state index contributed by atoms with van der Waals surface area (Å²) in [6, 6.07) is 16.1. The molecule has 0 unspecified atom stereocenters. The zero-order chi connectivity index (χ0) is 17.6. The van der Waals surface area contributed by atoms with Crippen LogP contribution in [0.15, 0.2) is 53.1 Å². The molecule has 0 aliphatic carbocycles. The van der Waals surface area contributed by atoms with Crippen LogP contribution in [0.1, 0.15) is 29.0 Å². The van der Waals surface area contributed by atoms with Crippen molar-refractivity contribution in [1.29, 1.82) is 0 Å². The zero-order valence-corrected chi connectivity index (χ0v) is 14.5. The monoisotopic (exact) mass is 335 g/mol. The van der Waals surface area contributed by atoms with Crippen LogP contribution in [0.5, 0.6) is 0 Å². The van der Waals surface area contributed by atoms with Gasteiger partial charge in [-0.1, -0.05) is 58.7 Å². The predicted molar refractivity (Wildman–Crippen MR) is 95.8 cm³/mol. The first-order valence-corrected chi connectivity index (χ1v) is 8.32. The van der Waals surface area contributed by atoms with Gasteiger partial charge in [0.2, 0.25) is 17.6 Å². The Morgan fingerprint density at radius 3 is 2.64 bits per heavy atom. The zero-order valence-electron chi connectivity index (χ0n) is 14.5. The van der Waals surface area contributed by atoms with Crippen LogP contribution in [-0.4, -0.2) is 16.0 Å². The van der Waals surface area contributed by atoms with E-state index >= 15 is 0 Å². The Kier molecular flexibility index (Phi) is 5.23. The molecule has 0 spiro atoms. The van der Waals surface area contributed by atoms with Crippen molar-refractivity contribution in [3.63, 3.8) is 0 Å². The molecule has 5 nitrogen and oxygen atoms in total. The maximum atomic E-state index is 12.0. The number of hydrogen-bond donors (Lipinski definition) is 1. The number of hydrogen-bond acceptors (Lipinski definition) is 4. The first-order chi connectivity index (χ1) is 12.1. The van der Waals surface area contributed by atoms with Crippen molar-refractivity contribution in [1.82, 2.24) is 15.5 Å². The van der Waals surface area contributed by atoms with Gasteiger partial charge in [0.15, 0.2) is 0 Å². The third kappa shape index (κ3) is 4.76. The topological polar surface area (TPSA) is 68.0 Å². The molecule has 0 saturated carbocycles. The lowest BCUT2D eigenvalue weighted by molar-refractivity contribution is -0.121. The molecule has 0 aliphatic heterocycles. The van der Waals surface area contributed by atoms with Crippen molar-refractivity contribution >= 4 is 5.91 Å². The average Bonchev–Trinajstić information content (AvgIpc) is 3.08. The molecular formula is C20H21N3O2. The maximum Gasteiger partial charge on any atom is 0.246 e. The number of benzene rings is 2. The van der Waals surface area contributed by atoms with E-state index in [1.54, 1.807) is 0 Å². The van der Waals surface area contributed by atoms with Crippen molar-refractivity contribution < 1.29 is 9.32 Å². The number of carbonyl (C=O) groups is 1. The fourth-order valence-corrected chi connectivity index (χ4v) is 2.50. The summed E-state index contributed by atoms with van der Waals surface area (Å²) in [5.74, 6) is 0.906.